The maximum absolute atomic E-state index is 12.9. The van der Waals surface area contributed by atoms with Gasteiger partial charge in [-0.3, -0.25) is 9.52 Å². The van der Waals surface area contributed by atoms with Gasteiger partial charge in [0, 0.05) is 6.04 Å². The summed E-state index contributed by atoms with van der Waals surface area (Å²) >= 11 is 0. The summed E-state index contributed by atoms with van der Waals surface area (Å²) in [7, 11) is -3.78. The molecule has 1 atom stereocenters. The van der Waals surface area contributed by atoms with Crippen LogP contribution < -0.4 is 10.0 Å². The number of hydrogen-bond acceptors (Lipinski definition) is 3. The standard InChI is InChI=1S/C23H24N2O3S/c1-2-19(17-18-11-5-3-6-12-18)24-23(26)21-15-9-10-16-22(21)25-29(27,28)20-13-7-4-8-14-20/h3-16,19,25H,2,17H2,1H3,(H,24,26). The third-order valence-electron chi connectivity index (χ3n) is 4.62. The Morgan fingerprint density at radius 2 is 1.45 bits per heavy atom. The Hall–Kier alpha value is -3.12. The second-order valence-corrected chi connectivity index (χ2v) is 8.41. The zero-order valence-electron chi connectivity index (χ0n) is 16.2. The third-order valence-corrected chi connectivity index (χ3v) is 6.00. The van der Waals surface area contributed by atoms with Crippen LogP contribution in [0.4, 0.5) is 5.69 Å². The average molecular weight is 409 g/mol. The van der Waals surface area contributed by atoms with Crippen molar-refractivity contribution >= 4 is 21.6 Å². The van der Waals surface area contributed by atoms with Crippen LogP contribution in [-0.2, 0) is 16.4 Å². The predicted octanol–water partition coefficient (Wildman–Crippen LogP) is 4.24. The number of para-hydroxylation sites is 1. The lowest BCUT2D eigenvalue weighted by atomic mass is 10.0. The van der Waals surface area contributed by atoms with Gasteiger partial charge in [0.15, 0.2) is 0 Å². The molecule has 150 valence electrons. The number of anilines is 1. The normalized spacial score (nSPS) is 12.2. The first kappa shape index (κ1) is 20.6. The Balaban J connectivity index is 1.78. The van der Waals surface area contributed by atoms with Gasteiger partial charge in [-0.15, -0.1) is 0 Å². The van der Waals surface area contributed by atoms with Crippen molar-refractivity contribution in [3.8, 4) is 0 Å². The molecule has 0 aliphatic rings. The number of carbonyl (C=O) groups excluding carboxylic acids is 1. The van der Waals surface area contributed by atoms with E-state index in [0.29, 0.717) is 12.0 Å². The molecule has 0 fully saturated rings. The largest absolute Gasteiger partial charge is 0.349 e. The van der Waals surface area contributed by atoms with Crippen molar-refractivity contribution in [2.75, 3.05) is 4.72 Å². The molecule has 3 rings (SSSR count). The van der Waals surface area contributed by atoms with E-state index in [1.807, 2.05) is 37.3 Å². The van der Waals surface area contributed by atoms with Crippen LogP contribution in [0.3, 0.4) is 0 Å². The van der Waals surface area contributed by atoms with Gasteiger partial charge in [-0.1, -0.05) is 67.6 Å². The van der Waals surface area contributed by atoms with Crippen LogP contribution in [0.5, 0.6) is 0 Å². The SMILES string of the molecule is CCC(Cc1ccccc1)NC(=O)c1ccccc1NS(=O)(=O)c1ccccc1. The van der Waals surface area contributed by atoms with Gasteiger partial charge < -0.3 is 5.32 Å². The topological polar surface area (TPSA) is 75.3 Å². The van der Waals surface area contributed by atoms with Gasteiger partial charge in [0.25, 0.3) is 15.9 Å². The molecular formula is C23H24N2O3S. The number of rotatable bonds is 8. The monoisotopic (exact) mass is 408 g/mol. The summed E-state index contributed by atoms with van der Waals surface area (Å²) in [5.41, 5.74) is 1.68. The lowest BCUT2D eigenvalue weighted by Gasteiger charge is -2.19. The number of benzene rings is 3. The van der Waals surface area contributed by atoms with Crippen molar-refractivity contribution in [2.45, 2.75) is 30.7 Å². The fourth-order valence-electron chi connectivity index (χ4n) is 3.03. The van der Waals surface area contributed by atoms with Gasteiger partial charge >= 0.3 is 0 Å². The zero-order valence-corrected chi connectivity index (χ0v) is 17.0. The van der Waals surface area contributed by atoms with E-state index in [1.165, 1.54) is 12.1 Å². The minimum atomic E-state index is -3.78. The maximum Gasteiger partial charge on any atom is 0.261 e. The highest BCUT2D eigenvalue weighted by atomic mass is 32.2. The molecule has 0 aromatic heterocycles. The van der Waals surface area contributed by atoms with Crippen molar-refractivity contribution in [3.05, 3.63) is 96.1 Å². The molecule has 29 heavy (non-hydrogen) atoms. The van der Waals surface area contributed by atoms with Crippen LogP contribution >= 0.6 is 0 Å². The minimum absolute atomic E-state index is 0.0521. The lowest BCUT2D eigenvalue weighted by molar-refractivity contribution is 0.0936. The van der Waals surface area contributed by atoms with E-state index >= 15 is 0 Å². The second kappa shape index (κ2) is 9.39. The molecular weight excluding hydrogens is 384 g/mol. The molecule has 0 radical (unpaired) electrons. The number of sulfonamides is 1. The summed E-state index contributed by atoms with van der Waals surface area (Å²) in [5, 5.41) is 3.02. The molecule has 3 aromatic rings. The fraction of sp³-hybridized carbons (Fsp3) is 0.174. The Bertz CT molecular complexity index is 1050. The van der Waals surface area contributed by atoms with Gasteiger partial charge in [-0.05, 0) is 42.7 Å². The molecule has 5 nitrogen and oxygen atoms in total. The molecule has 0 heterocycles. The summed E-state index contributed by atoms with van der Waals surface area (Å²) in [6.45, 7) is 2.01. The van der Waals surface area contributed by atoms with Gasteiger partial charge in [0.05, 0.1) is 16.1 Å². The summed E-state index contributed by atoms with van der Waals surface area (Å²) in [6.07, 6.45) is 1.47. The molecule has 0 bridgehead atoms. The molecule has 0 saturated heterocycles. The van der Waals surface area contributed by atoms with Crippen LogP contribution in [0, 0.1) is 0 Å². The molecule has 1 amide bonds. The van der Waals surface area contributed by atoms with E-state index in [-0.39, 0.29) is 22.5 Å². The van der Waals surface area contributed by atoms with Crippen molar-refractivity contribution in [1.82, 2.24) is 5.32 Å². The smallest absolute Gasteiger partial charge is 0.261 e. The molecule has 0 spiro atoms. The fourth-order valence-corrected chi connectivity index (χ4v) is 4.13. The second-order valence-electron chi connectivity index (χ2n) is 6.73. The average Bonchev–Trinajstić information content (AvgIpc) is 2.74. The number of carbonyl (C=O) groups is 1. The Kier molecular flexibility index (Phi) is 6.67. The highest BCUT2D eigenvalue weighted by molar-refractivity contribution is 7.92. The van der Waals surface area contributed by atoms with E-state index in [9.17, 15) is 13.2 Å². The van der Waals surface area contributed by atoms with Crippen molar-refractivity contribution in [3.63, 3.8) is 0 Å². The molecule has 0 aliphatic heterocycles. The highest BCUT2D eigenvalue weighted by Gasteiger charge is 2.20. The van der Waals surface area contributed by atoms with Crippen molar-refractivity contribution in [2.24, 2.45) is 0 Å². The Morgan fingerprint density at radius 1 is 0.862 bits per heavy atom. The van der Waals surface area contributed by atoms with E-state index in [2.05, 4.69) is 10.0 Å². The first-order chi connectivity index (χ1) is 14.0. The molecule has 6 heteroatoms. The Morgan fingerprint density at radius 3 is 2.10 bits per heavy atom. The summed E-state index contributed by atoms with van der Waals surface area (Å²) in [5.74, 6) is -0.306. The molecule has 2 N–H and O–H groups in total. The lowest BCUT2D eigenvalue weighted by Crippen LogP contribution is -2.36. The quantitative estimate of drug-likeness (QED) is 0.585. The van der Waals surface area contributed by atoms with E-state index < -0.39 is 10.0 Å². The van der Waals surface area contributed by atoms with E-state index in [0.717, 1.165) is 12.0 Å². The van der Waals surface area contributed by atoms with Gasteiger partial charge in [-0.25, -0.2) is 8.42 Å². The maximum atomic E-state index is 12.9. The first-order valence-electron chi connectivity index (χ1n) is 9.51. The van der Waals surface area contributed by atoms with Crippen LogP contribution in [0.15, 0.2) is 89.8 Å². The van der Waals surface area contributed by atoms with Crippen LogP contribution in [0.25, 0.3) is 0 Å². The van der Waals surface area contributed by atoms with Crippen molar-refractivity contribution < 1.29 is 13.2 Å². The minimum Gasteiger partial charge on any atom is -0.349 e. The highest BCUT2D eigenvalue weighted by Crippen LogP contribution is 2.20. The number of amides is 1. The van der Waals surface area contributed by atoms with E-state index in [1.54, 1.807) is 42.5 Å². The predicted molar refractivity (Wildman–Crippen MR) is 115 cm³/mol. The van der Waals surface area contributed by atoms with Gasteiger partial charge in [0.2, 0.25) is 0 Å². The van der Waals surface area contributed by atoms with E-state index in [4.69, 9.17) is 0 Å². The number of nitrogens with one attached hydrogen (secondary N) is 2. The van der Waals surface area contributed by atoms with Crippen molar-refractivity contribution in [1.29, 1.82) is 0 Å². The summed E-state index contributed by atoms with van der Waals surface area (Å²) in [6, 6.07) is 24.6. The summed E-state index contributed by atoms with van der Waals surface area (Å²) in [4.78, 5) is 13.0. The molecule has 0 saturated carbocycles. The van der Waals surface area contributed by atoms with Crippen LogP contribution in [-0.4, -0.2) is 20.4 Å². The zero-order chi connectivity index (χ0) is 20.7. The third kappa shape index (κ3) is 5.45. The molecule has 3 aromatic carbocycles. The molecule has 0 aliphatic carbocycles. The Labute approximate surface area is 171 Å². The van der Waals surface area contributed by atoms with Gasteiger partial charge in [-0.2, -0.15) is 0 Å². The summed E-state index contributed by atoms with van der Waals surface area (Å²) < 4.78 is 27.8. The van der Waals surface area contributed by atoms with Crippen LogP contribution in [0.2, 0.25) is 0 Å². The van der Waals surface area contributed by atoms with Crippen LogP contribution in [0.1, 0.15) is 29.3 Å². The molecule has 1 unspecified atom stereocenters. The first-order valence-corrected chi connectivity index (χ1v) is 11.0. The number of hydrogen-bond donors (Lipinski definition) is 2. The van der Waals surface area contributed by atoms with Gasteiger partial charge in [0.1, 0.15) is 0 Å².